The average Bonchev–Trinajstić information content (AvgIpc) is 2.30. The van der Waals surface area contributed by atoms with Gasteiger partial charge in [-0.2, -0.15) is 0 Å². The molecule has 0 bridgehead atoms. The summed E-state index contributed by atoms with van der Waals surface area (Å²) >= 11 is 0. The van der Waals surface area contributed by atoms with Crippen molar-refractivity contribution >= 4 is 5.91 Å². The number of hydrogen-bond acceptors (Lipinski definition) is 2. The lowest BCUT2D eigenvalue weighted by Crippen LogP contribution is -2.20. The Morgan fingerprint density at radius 3 is 2.44 bits per heavy atom. The van der Waals surface area contributed by atoms with Gasteiger partial charge in [0.2, 0.25) is 5.91 Å². The first kappa shape index (κ1) is 17.2. The summed E-state index contributed by atoms with van der Waals surface area (Å²) in [5.74, 6) is 0.407. The number of carbonyl (C=O) groups is 1. The predicted octanol–water partition coefficient (Wildman–Crippen LogP) is 3.04. The zero-order chi connectivity index (χ0) is 13.8. The molecule has 3 heteroatoms. The van der Waals surface area contributed by atoms with Gasteiger partial charge in [-0.3, -0.25) is 4.79 Å². The van der Waals surface area contributed by atoms with Crippen molar-refractivity contribution in [2.45, 2.75) is 65.4 Å². The Hall–Kier alpha value is -0.830. The second kappa shape index (κ2) is 11.3. The van der Waals surface area contributed by atoms with Gasteiger partial charge in [-0.05, 0) is 38.5 Å². The smallest absolute Gasteiger partial charge is 0.216 e. The number of carbonyl (C=O) groups excluding carboxylic acids is 1. The summed E-state index contributed by atoms with van der Waals surface area (Å²) in [4.78, 5) is 10.6. The molecule has 0 rings (SSSR count). The molecule has 1 amide bonds. The number of unbranched alkanes of at least 4 members (excludes halogenated alkanes) is 4. The van der Waals surface area contributed by atoms with Gasteiger partial charge in [0, 0.05) is 13.5 Å². The van der Waals surface area contributed by atoms with Gasteiger partial charge in [-0.1, -0.05) is 31.9 Å². The molecule has 106 valence electrons. The molecule has 18 heavy (non-hydrogen) atoms. The van der Waals surface area contributed by atoms with Gasteiger partial charge in [0.1, 0.15) is 0 Å². The van der Waals surface area contributed by atoms with E-state index in [-0.39, 0.29) is 12.0 Å². The summed E-state index contributed by atoms with van der Waals surface area (Å²) in [6, 6.07) is 0. The Balaban J connectivity index is 3.25. The van der Waals surface area contributed by atoms with Gasteiger partial charge >= 0.3 is 0 Å². The van der Waals surface area contributed by atoms with Gasteiger partial charge in [0.15, 0.2) is 0 Å². The number of rotatable bonds is 10. The van der Waals surface area contributed by atoms with Crippen LogP contribution in [-0.4, -0.2) is 23.7 Å². The Kier molecular flexibility index (Phi) is 10.8. The van der Waals surface area contributed by atoms with Crippen LogP contribution in [0.4, 0.5) is 0 Å². The van der Waals surface area contributed by atoms with Crippen molar-refractivity contribution < 1.29 is 9.90 Å². The van der Waals surface area contributed by atoms with Crippen LogP contribution in [0.1, 0.15) is 59.3 Å². The highest BCUT2D eigenvalue weighted by molar-refractivity contribution is 5.72. The minimum atomic E-state index is -0.219. The largest absolute Gasteiger partial charge is 0.393 e. The van der Waals surface area contributed by atoms with E-state index >= 15 is 0 Å². The summed E-state index contributed by atoms with van der Waals surface area (Å²) in [6.45, 7) is 6.26. The Bertz CT molecular complexity index is 237. The van der Waals surface area contributed by atoms with E-state index in [1.165, 1.54) is 19.3 Å². The molecular formula is C15H29NO2. The van der Waals surface area contributed by atoms with E-state index in [9.17, 15) is 9.90 Å². The number of nitrogens with one attached hydrogen (secondary N) is 1. The molecule has 0 aliphatic carbocycles. The van der Waals surface area contributed by atoms with Crippen LogP contribution in [0.3, 0.4) is 0 Å². The highest BCUT2D eigenvalue weighted by Crippen LogP contribution is 2.09. The molecule has 0 saturated heterocycles. The third kappa shape index (κ3) is 11.6. The van der Waals surface area contributed by atoms with Gasteiger partial charge in [0.05, 0.1) is 6.10 Å². The van der Waals surface area contributed by atoms with Gasteiger partial charge in [-0.15, -0.1) is 0 Å². The lowest BCUT2D eigenvalue weighted by atomic mass is 10.0. The lowest BCUT2D eigenvalue weighted by molar-refractivity contribution is -0.118. The first-order chi connectivity index (χ1) is 8.54. The van der Waals surface area contributed by atoms with Crippen molar-refractivity contribution in [2.75, 3.05) is 6.54 Å². The molecule has 0 aliphatic heterocycles. The minimum Gasteiger partial charge on any atom is -0.393 e. The van der Waals surface area contributed by atoms with Crippen LogP contribution in [0.2, 0.25) is 0 Å². The van der Waals surface area contributed by atoms with E-state index in [0.717, 1.165) is 25.8 Å². The quantitative estimate of drug-likeness (QED) is 0.465. The number of amides is 1. The molecule has 2 unspecified atom stereocenters. The summed E-state index contributed by atoms with van der Waals surface area (Å²) in [6.07, 6.45) is 10.9. The van der Waals surface area contributed by atoms with E-state index in [0.29, 0.717) is 5.92 Å². The van der Waals surface area contributed by atoms with Crippen LogP contribution in [-0.2, 0) is 4.79 Å². The van der Waals surface area contributed by atoms with Crippen LogP contribution in [0.5, 0.6) is 0 Å². The number of aliphatic hydroxyl groups is 1. The standard InChI is InChI=1S/C15H29NO2/c1-13(14(2)17)11-9-7-5-4-6-8-10-12-16-15(3)18/h7,9,13-14,17H,4-6,8,10-12H2,1-3H3,(H,16,18). The highest BCUT2D eigenvalue weighted by atomic mass is 16.3. The van der Waals surface area contributed by atoms with Crippen molar-refractivity contribution in [3.05, 3.63) is 12.2 Å². The molecule has 2 N–H and O–H groups in total. The molecule has 0 aliphatic rings. The lowest BCUT2D eigenvalue weighted by Gasteiger charge is -2.10. The molecule has 0 aromatic rings. The number of allylic oxidation sites excluding steroid dienone is 2. The second-order valence-electron chi connectivity index (χ2n) is 5.11. The summed E-state index contributed by atoms with van der Waals surface area (Å²) in [5.41, 5.74) is 0. The zero-order valence-electron chi connectivity index (χ0n) is 12.1. The van der Waals surface area contributed by atoms with Crippen LogP contribution < -0.4 is 5.32 Å². The fraction of sp³-hybridized carbons (Fsp3) is 0.800. The molecule has 0 radical (unpaired) electrons. The van der Waals surface area contributed by atoms with Gasteiger partial charge in [0.25, 0.3) is 0 Å². The fourth-order valence-electron chi connectivity index (χ4n) is 1.63. The molecule has 2 atom stereocenters. The Labute approximate surface area is 112 Å². The third-order valence-corrected chi connectivity index (χ3v) is 3.17. The van der Waals surface area contributed by atoms with E-state index in [2.05, 4.69) is 24.4 Å². The van der Waals surface area contributed by atoms with Gasteiger partial charge < -0.3 is 10.4 Å². The molecule has 0 saturated carbocycles. The van der Waals surface area contributed by atoms with Gasteiger partial charge in [-0.25, -0.2) is 0 Å². The second-order valence-corrected chi connectivity index (χ2v) is 5.11. The Morgan fingerprint density at radius 1 is 1.17 bits per heavy atom. The molecular weight excluding hydrogens is 226 g/mol. The van der Waals surface area contributed by atoms with Crippen LogP contribution >= 0.6 is 0 Å². The third-order valence-electron chi connectivity index (χ3n) is 3.17. The molecule has 0 heterocycles. The van der Waals surface area contributed by atoms with Crippen molar-refractivity contribution in [3.8, 4) is 0 Å². The monoisotopic (exact) mass is 255 g/mol. The van der Waals surface area contributed by atoms with Crippen molar-refractivity contribution in [2.24, 2.45) is 5.92 Å². The van der Waals surface area contributed by atoms with Crippen LogP contribution in [0.25, 0.3) is 0 Å². The van der Waals surface area contributed by atoms with Crippen molar-refractivity contribution in [1.29, 1.82) is 0 Å². The summed E-state index contributed by atoms with van der Waals surface area (Å²) in [5, 5.41) is 12.1. The molecule has 0 aromatic carbocycles. The summed E-state index contributed by atoms with van der Waals surface area (Å²) in [7, 11) is 0. The average molecular weight is 255 g/mol. The van der Waals surface area contributed by atoms with E-state index in [1.54, 1.807) is 6.92 Å². The zero-order valence-corrected chi connectivity index (χ0v) is 12.1. The molecule has 0 fully saturated rings. The van der Waals surface area contributed by atoms with Crippen LogP contribution in [0.15, 0.2) is 12.2 Å². The predicted molar refractivity (Wildman–Crippen MR) is 76.4 cm³/mol. The summed E-state index contributed by atoms with van der Waals surface area (Å²) < 4.78 is 0. The van der Waals surface area contributed by atoms with Crippen molar-refractivity contribution in [1.82, 2.24) is 5.32 Å². The first-order valence-corrected chi connectivity index (χ1v) is 7.11. The van der Waals surface area contributed by atoms with E-state index < -0.39 is 0 Å². The fourth-order valence-corrected chi connectivity index (χ4v) is 1.63. The van der Waals surface area contributed by atoms with Crippen molar-refractivity contribution in [3.63, 3.8) is 0 Å². The van der Waals surface area contributed by atoms with E-state index in [4.69, 9.17) is 0 Å². The topological polar surface area (TPSA) is 49.3 Å². The molecule has 0 aromatic heterocycles. The van der Waals surface area contributed by atoms with Crippen LogP contribution in [0, 0.1) is 5.92 Å². The normalized spacial score (nSPS) is 14.7. The highest BCUT2D eigenvalue weighted by Gasteiger charge is 2.05. The minimum absolute atomic E-state index is 0.0603. The maximum absolute atomic E-state index is 10.6. The number of aliphatic hydroxyl groups excluding tert-OH is 1. The molecule has 0 spiro atoms. The number of hydrogen-bond donors (Lipinski definition) is 2. The Morgan fingerprint density at radius 2 is 1.83 bits per heavy atom. The van der Waals surface area contributed by atoms with E-state index in [1.807, 2.05) is 6.92 Å². The molecule has 3 nitrogen and oxygen atoms in total. The SMILES string of the molecule is CC(=O)NCCCCCCC=CCC(C)C(C)O. The first-order valence-electron chi connectivity index (χ1n) is 7.11. The maximum Gasteiger partial charge on any atom is 0.216 e. The maximum atomic E-state index is 10.6.